The number of aromatic amines is 1. The monoisotopic (exact) mass is 222 g/mol. The van der Waals surface area contributed by atoms with Gasteiger partial charge in [0.05, 0.1) is 11.4 Å². The van der Waals surface area contributed by atoms with Crippen molar-refractivity contribution in [1.29, 1.82) is 0 Å². The molecular weight excluding hydrogens is 204 g/mol. The standard InChI is InChI=1S/C12H18N2O2/c1-7(2)6-9-10(12(15)16)11(14-13-9)8-4-3-5-8/h7-8H,3-6H2,1-2H3,(H,13,14)(H,15,16). The first-order valence-electron chi connectivity index (χ1n) is 5.90. The summed E-state index contributed by atoms with van der Waals surface area (Å²) in [6.07, 6.45) is 4.09. The fourth-order valence-electron chi connectivity index (χ4n) is 2.17. The van der Waals surface area contributed by atoms with Crippen molar-refractivity contribution in [3.05, 3.63) is 17.0 Å². The summed E-state index contributed by atoms with van der Waals surface area (Å²) in [4.78, 5) is 11.3. The molecule has 1 aromatic heterocycles. The van der Waals surface area contributed by atoms with Crippen molar-refractivity contribution < 1.29 is 9.90 Å². The number of hydrogen-bond donors (Lipinski definition) is 2. The molecule has 1 aromatic rings. The summed E-state index contributed by atoms with van der Waals surface area (Å²) in [5.74, 6) is -0.0395. The number of nitrogens with zero attached hydrogens (tertiary/aromatic N) is 1. The summed E-state index contributed by atoms with van der Waals surface area (Å²) in [7, 11) is 0. The number of carboxylic acids is 1. The van der Waals surface area contributed by atoms with Crippen molar-refractivity contribution in [2.45, 2.75) is 45.4 Å². The minimum absolute atomic E-state index is 0.364. The van der Waals surface area contributed by atoms with E-state index >= 15 is 0 Å². The van der Waals surface area contributed by atoms with Gasteiger partial charge in [0.2, 0.25) is 0 Å². The van der Waals surface area contributed by atoms with Crippen LogP contribution in [0.4, 0.5) is 0 Å². The Morgan fingerprint density at radius 2 is 2.25 bits per heavy atom. The maximum absolute atomic E-state index is 11.3. The first kappa shape index (κ1) is 11.2. The van der Waals surface area contributed by atoms with Gasteiger partial charge in [-0.1, -0.05) is 20.3 Å². The van der Waals surface area contributed by atoms with Crippen LogP contribution in [-0.4, -0.2) is 21.3 Å². The lowest BCUT2D eigenvalue weighted by Crippen LogP contribution is -2.14. The van der Waals surface area contributed by atoms with Gasteiger partial charge in [-0.25, -0.2) is 4.79 Å². The molecule has 0 saturated heterocycles. The lowest BCUT2D eigenvalue weighted by molar-refractivity contribution is 0.0693. The van der Waals surface area contributed by atoms with Gasteiger partial charge in [-0.15, -0.1) is 0 Å². The topological polar surface area (TPSA) is 66.0 Å². The molecule has 1 fully saturated rings. The Bertz CT molecular complexity index is 392. The zero-order valence-corrected chi connectivity index (χ0v) is 9.79. The van der Waals surface area contributed by atoms with E-state index in [9.17, 15) is 9.90 Å². The van der Waals surface area contributed by atoms with E-state index < -0.39 is 5.97 Å². The molecule has 1 aliphatic rings. The van der Waals surface area contributed by atoms with Crippen molar-refractivity contribution in [2.75, 3.05) is 0 Å². The van der Waals surface area contributed by atoms with Crippen LogP contribution in [-0.2, 0) is 6.42 Å². The van der Waals surface area contributed by atoms with E-state index in [-0.39, 0.29) is 0 Å². The van der Waals surface area contributed by atoms with Crippen LogP contribution >= 0.6 is 0 Å². The van der Waals surface area contributed by atoms with Gasteiger partial charge in [0, 0.05) is 5.92 Å². The van der Waals surface area contributed by atoms with Gasteiger partial charge in [-0.05, 0) is 25.2 Å². The maximum Gasteiger partial charge on any atom is 0.339 e. The number of rotatable bonds is 4. The molecular formula is C12H18N2O2. The molecule has 0 spiro atoms. The van der Waals surface area contributed by atoms with E-state index in [4.69, 9.17) is 0 Å². The lowest BCUT2D eigenvalue weighted by atomic mass is 9.81. The predicted molar refractivity (Wildman–Crippen MR) is 60.7 cm³/mol. The molecule has 88 valence electrons. The fourth-order valence-corrected chi connectivity index (χ4v) is 2.17. The van der Waals surface area contributed by atoms with Crippen molar-refractivity contribution in [3.63, 3.8) is 0 Å². The van der Waals surface area contributed by atoms with E-state index in [1.807, 2.05) is 0 Å². The second-order valence-electron chi connectivity index (χ2n) is 4.99. The van der Waals surface area contributed by atoms with Crippen molar-refractivity contribution in [3.8, 4) is 0 Å². The zero-order valence-electron chi connectivity index (χ0n) is 9.79. The minimum Gasteiger partial charge on any atom is -0.478 e. The van der Waals surface area contributed by atoms with Crippen LogP contribution in [0, 0.1) is 5.92 Å². The molecule has 2 N–H and O–H groups in total. The van der Waals surface area contributed by atoms with Crippen LogP contribution in [0.2, 0.25) is 0 Å². The van der Waals surface area contributed by atoms with Gasteiger partial charge >= 0.3 is 5.97 Å². The van der Waals surface area contributed by atoms with Gasteiger partial charge in [0.25, 0.3) is 0 Å². The van der Waals surface area contributed by atoms with Crippen LogP contribution < -0.4 is 0 Å². The van der Waals surface area contributed by atoms with Crippen molar-refractivity contribution in [1.82, 2.24) is 10.2 Å². The highest BCUT2D eigenvalue weighted by molar-refractivity contribution is 5.90. The Labute approximate surface area is 95.1 Å². The first-order chi connectivity index (χ1) is 7.59. The summed E-state index contributed by atoms with van der Waals surface area (Å²) in [5.41, 5.74) is 1.98. The van der Waals surface area contributed by atoms with Crippen LogP contribution in [0.3, 0.4) is 0 Å². The predicted octanol–water partition coefficient (Wildman–Crippen LogP) is 2.57. The highest BCUT2D eigenvalue weighted by atomic mass is 16.4. The molecule has 0 atom stereocenters. The minimum atomic E-state index is -0.841. The second-order valence-corrected chi connectivity index (χ2v) is 4.99. The molecule has 0 radical (unpaired) electrons. The quantitative estimate of drug-likeness (QED) is 0.822. The van der Waals surface area contributed by atoms with E-state index in [1.165, 1.54) is 6.42 Å². The number of nitrogens with one attached hydrogen (secondary N) is 1. The Hall–Kier alpha value is -1.32. The van der Waals surface area contributed by atoms with Crippen LogP contribution in [0.1, 0.15) is 60.8 Å². The molecule has 1 heterocycles. The van der Waals surface area contributed by atoms with Gasteiger partial charge in [0.1, 0.15) is 5.56 Å². The largest absolute Gasteiger partial charge is 0.478 e. The molecule has 0 unspecified atom stereocenters. The number of carboxylic acid groups (broad SMARTS) is 1. The van der Waals surface area contributed by atoms with E-state index in [0.29, 0.717) is 17.4 Å². The first-order valence-corrected chi connectivity index (χ1v) is 5.90. The summed E-state index contributed by atoms with van der Waals surface area (Å²) >= 11 is 0. The van der Waals surface area contributed by atoms with Crippen LogP contribution in [0.5, 0.6) is 0 Å². The molecule has 2 rings (SSSR count). The third-order valence-corrected chi connectivity index (χ3v) is 3.19. The average molecular weight is 222 g/mol. The highest BCUT2D eigenvalue weighted by Gasteiger charge is 2.29. The normalized spacial score (nSPS) is 16.4. The fraction of sp³-hybridized carbons (Fsp3) is 0.667. The Morgan fingerprint density at radius 3 is 2.69 bits per heavy atom. The molecule has 0 aliphatic heterocycles. The van der Waals surface area contributed by atoms with Crippen molar-refractivity contribution >= 4 is 5.97 Å². The number of aromatic carboxylic acids is 1. The van der Waals surface area contributed by atoms with E-state index in [1.54, 1.807) is 0 Å². The maximum atomic E-state index is 11.3. The summed E-state index contributed by atoms with van der Waals surface area (Å²) < 4.78 is 0. The van der Waals surface area contributed by atoms with Crippen LogP contribution in [0.15, 0.2) is 0 Å². The van der Waals surface area contributed by atoms with Gasteiger partial charge in [-0.2, -0.15) is 5.10 Å². The van der Waals surface area contributed by atoms with Gasteiger partial charge in [0.15, 0.2) is 0 Å². The van der Waals surface area contributed by atoms with Crippen LogP contribution in [0.25, 0.3) is 0 Å². The summed E-state index contributed by atoms with van der Waals surface area (Å²) in [6, 6.07) is 0. The molecule has 16 heavy (non-hydrogen) atoms. The Kier molecular flexibility index (Phi) is 2.99. The third-order valence-electron chi connectivity index (χ3n) is 3.19. The number of hydrogen-bond acceptors (Lipinski definition) is 2. The van der Waals surface area contributed by atoms with Gasteiger partial charge in [-0.3, -0.25) is 5.10 Å². The third kappa shape index (κ3) is 1.96. The SMILES string of the molecule is CC(C)Cc1[nH]nc(C2CCC2)c1C(=O)O. The average Bonchev–Trinajstić information content (AvgIpc) is 2.44. The molecule has 4 nitrogen and oxygen atoms in total. The Morgan fingerprint density at radius 1 is 1.56 bits per heavy atom. The molecule has 1 saturated carbocycles. The molecule has 0 aromatic carbocycles. The van der Waals surface area contributed by atoms with Crippen molar-refractivity contribution in [2.24, 2.45) is 5.92 Å². The number of carbonyl (C=O) groups is 1. The summed E-state index contributed by atoms with van der Waals surface area (Å²) in [6.45, 7) is 4.16. The molecule has 0 amide bonds. The lowest BCUT2D eigenvalue weighted by Gasteiger charge is -2.23. The summed E-state index contributed by atoms with van der Waals surface area (Å²) in [5, 5.41) is 16.4. The zero-order chi connectivity index (χ0) is 11.7. The van der Waals surface area contributed by atoms with E-state index in [0.717, 1.165) is 30.7 Å². The molecule has 0 bridgehead atoms. The number of aromatic nitrogens is 2. The highest BCUT2D eigenvalue weighted by Crippen LogP contribution is 2.37. The molecule has 4 heteroatoms. The number of H-pyrrole nitrogens is 1. The van der Waals surface area contributed by atoms with Gasteiger partial charge < -0.3 is 5.11 Å². The second kappa shape index (κ2) is 4.28. The Balaban J connectivity index is 2.31. The molecule has 1 aliphatic carbocycles. The van der Waals surface area contributed by atoms with E-state index in [2.05, 4.69) is 24.0 Å². The smallest absolute Gasteiger partial charge is 0.339 e.